The maximum Gasteiger partial charge on any atom is 0.105 e. The second-order valence-electron chi connectivity index (χ2n) is 11.5. The van der Waals surface area contributed by atoms with Gasteiger partial charge in [0.1, 0.15) is 8.07 Å². The zero-order valence-corrected chi connectivity index (χ0v) is 22.1. The number of allylic oxidation sites excluding steroid dienone is 6. The first-order chi connectivity index (χ1) is 16.6. The number of fused-ring (bicyclic) bond motifs is 2. The molecule has 2 aromatic carbocycles. The molecule has 1 saturated carbocycles. The third kappa shape index (κ3) is 3.55. The maximum absolute atomic E-state index is 2.70. The van der Waals surface area contributed by atoms with Crippen molar-refractivity contribution in [3.63, 3.8) is 0 Å². The number of benzene rings is 2. The largest absolute Gasteiger partial charge is 0.105 e. The van der Waals surface area contributed by atoms with E-state index in [0.717, 1.165) is 18.3 Å². The monoisotopic (exact) mass is 462 g/mol. The molecule has 174 valence electrons. The van der Waals surface area contributed by atoms with Crippen molar-refractivity contribution in [2.45, 2.75) is 65.0 Å². The van der Waals surface area contributed by atoms with Gasteiger partial charge in [-0.15, -0.1) is 0 Å². The summed E-state index contributed by atoms with van der Waals surface area (Å²) in [4.78, 5) is 0. The fraction of sp³-hybridized carbons (Fsp3) is 0.394. The van der Waals surface area contributed by atoms with Gasteiger partial charge >= 0.3 is 0 Å². The predicted octanol–water partition coefficient (Wildman–Crippen LogP) is 7.50. The molecule has 0 aromatic heterocycles. The van der Waals surface area contributed by atoms with E-state index in [2.05, 4.69) is 92.9 Å². The average molecular weight is 463 g/mol. The minimum Gasteiger partial charge on any atom is -0.0882 e. The van der Waals surface area contributed by atoms with E-state index in [4.69, 9.17) is 0 Å². The summed E-state index contributed by atoms with van der Waals surface area (Å²) in [6, 6.07) is 18.0. The van der Waals surface area contributed by atoms with Crippen LogP contribution in [0.15, 0.2) is 83.1 Å². The Morgan fingerprint density at radius 2 is 1.76 bits per heavy atom. The molecule has 3 unspecified atom stereocenters. The van der Waals surface area contributed by atoms with Crippen molar-refractivity contribution in [2.75, 3.05) is 0 Å². The van der Waals surface area contributed by atoms with Crippen LogP contribution >= 0.6 is 0 Å². The van der Waals surface area contributed by atoms with Crippen LogP contribution < -0.4 is 10.4 Å². The van der Waals surface area contributed by atoms with Gasteiger partial charge in [0.15, 0.2) is 0 Å². The Kier molecular flexibility index (Phi) is 5.64. The Labute approximate surface area is 206 Å². The van der Waals surface area contributed by atoms with Crippen LogP contribution in [0.5, 0.6) is 0 Å². The van der Waals surface area contributed by atoms with Crippen LogP contribution in [0.4, 0.5) is 0 Å². The van der Waals surface area contributed by atoms with Crippen molar-refractivity contribution in [3.8, 4) is 11.1 Å². The number of hydrogen-bond acceptors (Lipinski definition) is 0. The fourth-order valence-corrected chi connectivity index (χ4v) is 11.8. The lowest BCUT2D eigenvalue weighted by Gasteiger charge is -2.36. The highest BCUT2D eigenvalue weighted by molar-refractivity contribution is 6.99. The molecule has 0 N–H and O–H groups in total. The van der Waals surface area contributed by atoms with E-state index < -0.39 is 8.07 Å². The highest BCUT2D eigenvalue weighted by atomic mass is 28.3. The van der Waals surface area contributed by atoms with E-state index in [9.17, 15) is 0 Å². The summed E-state index contributed by atoms with van der Waals surface area (Å²) in [6.07, 6.45) is 19.5. The summed E-state index contributed by atoms with van der Waals surface area (Å²) >= 11 is 0. The molecule has 0 amide bonds. The summed E-state index contributed by atoms with van der Waals surface area (Å²) in [6.45, 7) is 7.80. The zero-order valence-electron chi connectivity index (χ0n) is 21.1. The molecule has 0 radical (unpaired) electrons. The van der Waals surface area contributed by atoms with E-state index in [1.54, 1.807) is 16.3 Å². The standard InChI is InChI=1S/C33H38Si/c1-23-22-31-27(25-14-8-5-9-15-25)17-11-19-30(31)33(23)34(2,3)32-21-20-28-26(16-10-18-29(28)32)24-12-6-4-7-13-24/h4,6-8,10,12-14,16,18,20,22-23,25,27H,5,9,11,15,17,19,21H2,1-3H3. The van der Waals surface area contributed by atoms with Crippen molar-refractivity contribution in [1.82, 2.24) is 0 Å². The van der Waals surface area contributed by atoms with Crippen LogP contribution in [0.2, 0.25) is 13.1 Å². The molecule has 3 atom stereocenters. The van der Waals surface area contributed by atoms with Crippen molar-refractivity contribution in [1.29, 1.82) is 0 Å². The molecule has 0 bridgehead atoms. The summed E-state index contributed by atoms with van der Waals surface area (Å²) < 4.78 is 0. The molecule has 0 aliphatic heterocycles. The molecule has 0 spiro atoms. The van der Waals surface area contributed by atoms with Crippen LogP contribution in [0.1, 0.15) is 51.9 Å². The Morgan fingerprint density at radius 3 is 2.56 bits per heavy atom. The minimum absolute atomic E-state index is 0.605. The number of hydrogen-bond donors (Lipinski definition) is 0. The van der Waals surface area contributed by atoms with Crippen molar-refractivity contribution < 1.29 is 0 Å². The van der Waals surface area contributed by atoms with Crippen LogP contribution in [-0.4, -0.2) is 8.07 Å². The van der Waals surface area contributed by atoms with E-state index in [0.29, 0.717) is 5.92 Å². The summed E-state index contributed by atoms with van der Waals surface area (Å²) in [5, 5.41) is 6.62. The Hall–Kier alpha value is -2.38. The molecular formula is C33H38Si. The van der Waals surface area contributed by atoms with Gasteiger partial charge in [0.05, 0.1) is 0 Å². The van der Waals surface area contributed by atoms with Crippen LogP contribution in [0, 0.1) is 17.8 Å². The van der Waals surface area contributed by atoms with Gasteiger partial charge in [0.25, 0.3) is 0 Å². The van der Waals surface area contributed by atoms with Crippen molar-refractivity contribution in [3.05, 3.63) is 93.5 Å². The molecule has 6 rings (SSSR count). The molecule has 1 heteroatoms. The van der Waals surface area contributed by atoms with Gasteiger partial charge in [-0.25, -0.2) is 0 Å². The van der Waals surface area contributed by atoms with E-state index in [1.165, 1.54) is 60.1 Å². The SMILES string of the molecule is CC1C=C2C(=C1[Si](C)(C)C1=c3cccc(-c4ccccc4)c3=CC1)CCCC2C1C=CCCC1. The van der Waals surface area contributed by atoms with Gasteiger partial charge in [-0.05, 0) is 95.4 Å². The molecule has 1 fully saturated rings. The number of rotatable bonds is 4. The predicted molar refractivity (Wildman–Crippen MR) is 149 cm³/mol. The Bertz CT molecular complexity index is 1320. The highest BCUT2D eigenvalue weighted by Crippen LogP contribution is 2.51. The summed E-state index contributed by atoms with van der Waals surface area (Å²) in [5.41, 5.74) is 6.29. The Morgan fingerprint density at radius 1 is 0.912 bits per heavy atom. The second-order valence-corrected chi connectivity index (χ2v) is 15.9. The molecule has 0 saturated heterocycles. The molecule has 4 aliphatic carbocycles. The van der Waals surface area contributed by atoms with Crippen LogP contribution in [0.3, 0.4) is 0 Å². The summed E-state index contributed by atoms with van der Waals surface area (Å²) in [5.74, 6) is 2.14. The molecule has 34 heavy (non-hydrogen) atoms. The molecular weight excluding hydrogens is 424 g/mol. The average Bonchev–Trinajstić information content (AvgIpc) is 3.46. The van der Waals surface area contributed by atoms with Gasteiger partial charge in [-0.3, -0.25) is 0 Å². The van der Waals surface area contributed by atoms with Gasteiger partial charge < -0.3 is 0 Å². The lowest BCUT2D eigenvalue weighted by Crippen LogP contribution is -2.39. The van der Waals surface area contributed by atoms with Crippen LogP contribution in [0.25, 0.3) is 22.4 Å². The van der Waals surface area contributed by atoms with Gasteiger partial charge in [-0.1, -0.05) is 103 Å². The fourth-order valence-electron chi connectivity index (χ4n) is 7.72. The smallest absolute Gasteiger partial charge is 0.0882 e. The summed E-state index contributed by atoms with van der Waals surface area (Å²) in [7, 11) is -1.77. The lowest BCUT2D eigenvalue weighted by atomic mass is 9.72. The van der Waals surface area contributed by atoms with Crippen molar-refractivity contribution in [2.24, 2.45) is 17.8 Å². The molecule has 2 aromatic rings. The topological polar surface area (TPSA) is 0 Å². The van der Waals surface area contributed by atoms with E-state index in [-0.39, 0.29) is 0 Å². The molecule has 0 nitrogen and oxygen atoms in total. The highest BCUT2D eigenvalue weighted by Gasteiger charge is 2.42. The first-order valence-electron chi connectivity index (χ1n) is 13.6. The van der Waals surface area contributed by atoms with Gasteiger partial charge in [-0.2, -0.15) is 0 Å². The maximum atomic E-state index is 2.70. The molecule has 4 aliphatic rings. The zero-order chi connectivity index (χ0) is 23.3. The second kappa shape index (κ2) is 8.68. The van der Waals surface area contributed by atoms with Crippen LogP contribution in [-0.2, 0) is 0 Å². The third-order valence-electron chi connectivity index (χ3n) is 9.16. The third-order valence-corrected chi connectivity index (χ3v) is 13.2. The normalized spacial score (nSPS) is 26.3. The lowest BCUT2D eigenvalue weighted by molar-refractivity contribution is 0.361. The molecule has 0 heterocycles. The minimum atomic E-state index is -1.77. The quantitative estimate of drug-likeness (QED) is 0.326. The van der Waals surface area contributed by atoms with Gasteiger partial charge in [0, 0.05) is 0 Å². The van der Waals surface area contributed by atoms with E-state index in [1.807, 2.05) is 5.20 Å². The van der Waals surface area contributed by atoms with Crippen molar-refractivity contribution >= 4 is 19.3 Å². The Balaban J connectivity index is 1.44. The van der Waals surface area contributed by atoms with Gasteiger partial charge in [0.2, 0.25) is 0 Å². The first kappa shape index (κ1) is 22.1. The van der Waals surface area contributed by atoms with E-state index >= 15 is 0 Å². The first-order valence-corrected chi connectivity index (χ1v) is 16.6.